The van der Waals surface area contributed by atoms with E-state index in [1.54, 1.807) is 0 Å². The lowest BCUT2D eigenvalue weighted by Crippen LogP contribution is -2.46. The van der Waals surface area contributed by atoms with E-state index in [1.807, 2.05) is 0 Å². The second-order valence-corrected chi connectivity index (χ2v) is 6.08. The third-order valence-corrected chi connectivity index (χ3v) is 4.37. The zero-order chi connectivity index (χ0) is 14.3. The van der Waals surface area contributed by atoms with Crippen molar-refractivity contribution in [2.24, 2.45) is 5.14 Å². The molecule has 19 heavy (non-hydrogen) atoms. The second-order valence-electron chi connectivity index (χ2n) is 4.53. The molecule has 8 heteroatoms. The smallest absolute Gasteiger partial charge is 0.238 e. The molecule has 0 atom stereocenters. The molecule has 2 N–H and O–H groups in total. The van der Waals surface area contributed by atoms with E-state index in [2.05, 4.69) is 0 Å². The Morgan fingerprint density at radius 2 is 1.79 bits per heavy atom. The number of nitrogens with two attached hydrogens (primary N) is 1. The molecule has 0 unspecified atom stereocenters. The fourth-order valence-corrected chi connectivity index (χ4v) is 2.90. The minimum absolute atomic E-state index is 0.161. The first-order chi connectivity index (χ1) is 8.72. The molecule has 1 heterocycles. The van der Waals surface area contributed by atoms with Crippen LogP contribution in [0.25, 0.3) is 0 Å². The number of rotatable bonds is 2. The Balaban J connectivity index is 2.25. The monoisotopic (exact) mass is 294 g/mol. The summed E-state index contributed by atoms with van der Waals surface area (Å²) in [7, 11) is -3.88. The molecule has 0 amide bonds. The van der Waals surface area contributed by atoms with E-state index >= 15 is 0 Å². The van der Waals surface area contributed by atoms with E-state index in [-0.39, 0.29) is 31.5 Å². The summed E-state index contributed by atoms with van der Waals surface area (Å²) in [5.74, 6) is -1.57. The second kappa shape index (κ2) is 4.77. The zero-order valence-corrected chi connectivity index (χ0v) is 10.8. The Kier molecular flexibility index (Phi) is 3.59. The standard InChI is InChI=1S/C11H13F3N2O2S/c12-8-1-2-10(13)9(7-8)11(14)3-5-16(6-4-11)19(15,17)18/h1-2,7H,3-6H2,(H2,15,17,18). The van der Waals surface area contributed by atoms with E-state index < -0.39 is 27.5 Å². The average Bonchev–Trinajstić information content (AvgIpc) is 2.31. The molecule has 0 spiro atoms. The Labute approximate surface area is 109 Å². The van der Waals surface area contributed by atoms with Crippen LogP contribution in [0.3, 0.4) is 0 Å². The molecule has 1 aliphatic rings. The van der Waals surface area contributed by atoms with E-state index in [4.69, 9.17) is 5.14 Å². The van der Waals surface area contributed by atoms with Crippen LogP contribution >= 0.6 is 0 Å². The number of alkyl halides is 1. The maximum absolute atomic E-state index is 14.6. The van der Waals surface area contributed by atoms with Crippen molar-refractivity contribution in [1.82, 2.24) is 4.31 Å². The molecular weight excluding hydrogens is 281 g/mol. The molecule has 0 bridgehead atoms. The summed E-state index contributed by atoms with van der Waals surface area (Å²) in [4.78, 5) is 0. The predicted octanol–water partition coefficient (Wildman–Crippen LogP) is 1.43. The van der Waals surface area contributed by atoms with Gasteiger partial charge in [-0.05, 0) is 31.0 Å². The van der Waals surface area contributed by atoms with Gasteiger partial charge in [0.1, 0.15) is 17.3 Å². The highest BCUT2D eigenvalue weighted by Crippen LogP contribution is 2.38. The number of nitrogens with zero attached hydrogens (tertiary/aromatic N) is 1. The summed E-state index contributed by atoms with van der Waals surface area (Å²) in [6, 6.07) is 2.57. The Morgan fingerprint density at radius 1 is 1.21 bits per heavy atom. The molecule has 0 aliphatic carbocycles. The van der Waals surface area contributed by atoms with E-state index in [0.717, 1.165) is 22.5 Å². The molecule has 1 saturated heterocycles. The Hall–Kier alpha value is -1.12. The van der Waals surface area contributed by atoms with E-state index in [0.29, 0.717) is 0 Å². The van der Waals surface area contributed by atoms with Gasteiger partial charge in [0.15, 0.2) is 0 Å². The molecule has 0 aromatic heterocycles. The van der Waals surface area contributed by atoms with Gasteiger partial charge in [0.2, 0.25) is 0 Å². The van der Waals surface area contributed by atoms with Gasteiger partial charge in [0, 0.05) is 18.7 Å². The lowest BCUT2D eigenvalue weighted by Gasteiger charge is -2.35. The SMILES string of the molecule is NS(=O)(=O)N1CCC(F)(c2cc(F)ccc2F)CC1. The minimum Gasteiger partial charge on any atom is -0.238 e. The topological polar surface area (TPSA) is 63.4 Å². The average molecular weight is 294 g/mol. The van der Waals surface area contributed by atoms with Crippen LogP contribution in [0.15, 0.2) is 18.2 Å². The fourth-order valence-electron chi connectivity index (χ4n) is 2.21. The third-order valence-electron chi connectivity index (χ3n) is 3.29. The molecule has 4 nitrogen and oxygen atoms in total. The number of halogens is 3. The molecule has 2 rings (SSSR count). The predicted molar refractivity (Wildman–Crippen MR) is 63.1 cm³/mol. The van der Waals surface area contributed by atoms with E-state index in [9.17, 15) is 21.6 Å². The van der Waals surface area contributed by atoms with Crippen LogP contribution < -0.4 is 5.14 Å². The lowest BCUT2D eigenvalue weighted by atomic mass is 9.86. The van der Waals surface area contributed by atoms with E-state index in [1.165, 1.54) is 0 Å². The van der Waals surface area contributed by atoms with Gasteiger partial charge in [-0.3, -0.25) is 0 Å². The first kappa shape index (κ1) is 14.3. The molecular formula is C11H13F3N2O2S. The maximum atomic E-state index is 14.6. The van der Waals surface area contributed by atoms with Gasteiger partial charge in [0.05, 0.1) is 0 Å². The van der Waals surface area contributed by atoms with Gasteiger partial charge in [-0.1, -0.05) is 0 Å². The first-order valence-electron chi connectivity index (χ1n) is 5.65. The zero-order valence-electron chi connectivity index (χ0n) is 9.94. The quantitative estimate of drug-likeness (QED) is 0.897. The summed E-state index contributed by atoms with van der Waals surface area (Å²) in [6.45, 7) is -0.323. The summed E-state index contributed by atoms with van der Waals surface area (Å²) < 4.78 is 64.4. The number of hydrogen-bond donors (Lipinski definition) is 1. The first-order valence-corrected chi connectivity index (χ1v) is 7.15. The van der Waals surface area contributed by atoms with Crippen molar-refractivity contribution < 1.29 is 21.6 Å². The van der Waals surface area contributed by atoms with Gasteiger partial charge >= 0.3 is 0 Å². The summed E-state index contributed by atoms with van der Waals surface area (Å²) in [5, 5.41) is 4.93. The van der Waals surface area contributed by atoms with Crippen molar-refractivity contribution >= 4 is 10.2 Å². The highest BCUT2D eigenvalue weighted by atomic mass is 32.2. The van der Waals surface area contributed by atoms with Crippen molar-refractivity contribution in [3.05, 3.63) is 35.4 Å². The van der Waals surface area contributed by atoms with Crippen molar-refractivity contribution in [3.8, 4) is 0 Å². The van der Waals surface area contributed by atoms with Gasteiger partial charge in [-0.25, -0.2) is 18.3 Å². The van der Waals surface area contributed by atoms with Crippen molar-refractivity contribution in [3.63, 3.8) is 0 Å². The van der Waals surface area contributed by atoms with Crippen molar-refractivity contribution in [2.45, 2.75) is 18.5 Å². The summed E-state index contributed by atoms with van der Waals surface area (Å²) >= 11 is 0. The molecule has 0 radical (unpaired) electrons. The summed E-state index contributed by atoms with van der Waals surface area (Å²) in [5.41, 5.74) is -2.45. The highest BCUT2D eigenvalue weighted by Gasteiger charge is 2.40. The van der Waals surface area contributed by atoms with Crippen LogP contribution in [0.4, 0.5) is 13.2 Å². The van der Waals surface area contributed by atoms with Crippen LogP contribution in [0.5, 0.6) is 0 Å². The van der Waals surface area contributed by atoms with Crippen LogP contribution in [-0.4, -0.2) is 25.8 Å². The molecule has 1 aromatic rings. The van der Waals surface area contributed by atoms with Gasteiger partial charge in [-0.15, -0.1) is 0 Å². The van der Waals surface area contributed by atoms with Crippen LogP contribution in [0.1, 0.15) is 18.4 Å². The molecule has 1 fully saturated rings. The van der Waals surface area contributed by atoms with Crippen LogP contribution in [0, 0.1) is 11.6 Å². The maximum Gasteiger partial charge on any atom is 0.276 e. The van der Waals surface area contributed by atoms with Crippen molar-refractivity contribution in [2.75, 3.05) is 13.1 Å². The number of benzene rings is 1. The molecule has 1 aromatic carbocycles. The fraction of sp³-hybridized carbons (Fsp3) is 0.455. The normalized spacial score (nSPS) is 20.4. The van der Waals surface area contributed by atoms with Crippen LogP contribution in [-0.2, 0) is 15.9 Å². The van der Waals surface area contributed by atoms with Gasteiger partial charge < -0.3 is 0 Å². The number of hydrogen-bond acceptors (Lipinski definition) is 2. The third kappa shape index (κ3) is 2.90. The Morgan fingerprint density at radius 3 is 2.32 bits per heavy atom. The molecule has 106 valence electrons. The molecule has 1 aliphatic heterocycles. The minimum atomic E-state index is -3.88. The van der Waals surface area contributed by atoms with Gasteiger partial charge in [-0.2, -0.15) is 12.7 Å². The van der Waals surface area contributed by atoms with Gasteiger partial charge in [0.25, 0.3) is 10.2 Å². The Bertz CT molecular complexity index is 584. The highest BCUT2D eigenvalue weighted by molar-refractivity contribution is 7.86. The van der Waals surface area contributed by atoms with Crippen LogP contribution in [0.2, 0.25) is 0 Å². The lowest BCUT2D eigenvalue weighted by molar-refractivity contribution is 0.0827. The largest absolute Gasteiger partial charge is 0.276 e. The molecule has 0 saturated carbocycles. The number of piperidine rings is 1. The van der Waals surface area contributed by atoms with Crippen molar-refractivity contribution in [1.29, 1.82) is 0 Å². The summed E-state index contributed by atoms with van der Waals surface area (Å²) in [6.07, 6.45) is -0.520.